The fraction of sp³-hybridized carbons (Fsp3) is 0.435. The first-order valence-electron chi connectivity index (χ1n) is 10.8. The lowest BCUT2D eigenvalue weighted by atomic mass is 9.99. The zero-order valence-electron chi connectivity index (χ0n) is 18.7. The van der Waals surface area contributed by atoms with Gasteiger partial charge in [0.1, 0.15) is 18.2 Å². The normalized spacial score (nSPS) is 19.8. The minimum absolute atomic E-state index is 0.0155. The van der Waals surface area contributed by atoms with Gasteiger partial charge < -0.3 is 15.5 Å². The summed E-state index contributed by atoms with van der Waals surface area (Å²) in [5.41, 5.74) is 9.18. The summed E-state index contributed by atoms with van der Waals surface area (Å²) in [6.07, 6.45) is 5.74. The molecule has 1 aromatic heterocycles. The van der Waals surface area contributed by atoms with Gasteiger partial charge in [0.15, 0.2) is 0 Å². The molecule has 4 rings (SSSR count). The highest BCUT2D eigenvalue weighted by Crippen LogP contribution is 2.31. The minimum Gasteiger partial charge on any atom is -0.353 e. The molecule has 3 heterocycles. The second kappa shape index (κ2) is 9.20. The van der Waals surface area contributed by atoms with E-state index in [2.05, 4.69) is 31.2 Å². The van der Waals surface area contributed by atoms with Crippen LogP contribution in [0.3, 0.4) is 0 Å². The van der Waals surface area contributed by atoms with Crippen molar-refractivity contribution in [3.05, 3.63) is 47.5 Å². The van der Waals surface area contributed by atoms with E-state index in [9.17, 15) is 4.39 Å². The molecule has 0 saturated carbocycles. The Hall–Kier alpha value is -3.06. The number of nitrogens with zero attached hydrogens (tertiary/aromatic N) is 6. The van der Waals surface area contributed by atoms with E-state index in [4.69, 9.17) is 16.0 Å². The molecule has 0 radical (unpaired) electrons. The summed E-state index contributed by atoms with van der Waals surface area (Å²) in [5.74, 6) is 0.0601. The maximum atomic E-state index is 14.5. The van der Waals surface area contributed by atoms with Gasteiger partial charge in [-0.1, -0.05) is 6.07 Å². The van der Waals surface area contributed by atoms with Crippen LogP contribution in [0.1, 0.15) is 24.0 Å². The first-order chi connectivity index (χ1) is 15.4. The summed E-state index contributed by atoms with van der Waals surface area (Å²) in [6, 6.07) is 6.70. The Bertz CT molecular complexity index is 1050. The van der Waals surface area contributed by atoms with Gasteiger partial charge in [0, 0.05) is 56.2 Å². The maximum Gasteiger partial charge on any atom is 0.225 e. The van der Waals surface area contributed by atoms with Gasteiger partial charge in [-0.25, -0.2) is 14.4 Å². The van der Waals surface area contributed by atoms with Crippen LogP contribution >= 0.6 is 0 Å². The molecule has 9 heteroatoms. The molecule has 1 aromatic carbocycles. The molecule has 1 atom stereocenters. The monoisotopic (exact) mass is 436 g/mol. The second-order valence-electron chi connectivity index (χ2n) is 8.60. The third kappa shape index (κ3) is 4.43. The lowest BCUT2D eigenvalue weighted by Crippen LogP contribution is -2.53. The number of hydrogen-bond donors (Lipinski definition) is 2. The molecule has 2 aliphatic rings. The van der Waals surface area contributed by atoms with Crippen molar-refractivity contribution in [1.29, 1.82) is 5.26 Å². The van der Waals surface area contributed by atoms with Gasteiger partial charge in [-0.3, -0.25) is 10.2 Å². The number of anilines is 1. The summed E-state index contributed by atoms with van der Waals surface area (Å²) in [4.78, 5) is 15.8. The standard InChI is InChI=1S/C23H29FN8/c1-30(2)23-28-12-17(14-31(23)3)19-13-27-22(32-8-6-18(26)7-9-32)29-21(19)15-4-5-16(11-25)20(24)10-15/h4-5,10,13-14,18,23,28H,6-9,12,26H2,1-3H3. The van der Waals surface area contributed by atoms with E-state index in [1.54, 1.807) is 6.07 Å². The van der Waals surface area contributed by atoms with Gasteiger partial charge in [0.25, 0.3) is 0 Å². The number of nitrogens with two attached hydrogens (primary N) is 1. The maximum absolute atomic E-state index is 14.5. The molecule has 3 N–H and O–H groups in total. The molecule has 168 valence electrons. The predicted octanol–water partition coefficient (Wildman–Crippen LogP) is 1.80. The molecule has 1 fully saturated rings. The van der Waals surface area contributed by atoms with E-state index in [0.717, 1.165) is 37.1 Å². The van der Waals surface area contributed by atoms with Crippen LogP contribution in [0.4, 0.5) is 10.3 Å². The lowest BCUT2D eigenvalue weighted by molar-refractivity contribution is 0.110. The SMILES string of the molecule is CN(C)C1NCC(c2cnc(N3CCC(N)CC3)nc2-c2ccc(C#N)c(F)c2)=CN1C. The first kappa shape index (κ1) is 22.1. The average molecular weight is 437 g/mol. The number of rotatable bonds is 4. The van der Waals surface area contributed by atoms with E-state index in [0.29, 0.717) is 23.8 Å². The Morgan fingerprint density at radius 1 is 1.28 bits per heavy atom. The topological polar surface area (TPSA) is 97.3 Å². The van der Waals surface area contributed by atoms with Gasteiger partial charge in [-0.05, 0) is 44.6 Å². The van der Waals surface area contributed by atoms with Crippen molar-refractivity contribution < 1.29 is 4.39 Å². The van der Waals surface area contributed by atoms with Gasteiger partial charge in [0.05, 0.1) is 11.3 Å². The zero-order chi connectivity index (χ0) is 22.8. The minimum atomic E-state index is -0.555. The smallest absolute Gasteiger partial charge is 0.225 e. The second-order valence-corrected chi connectivity index (χ2v) is 8.60. The van der Waals surface area contributed by atoms with Crippen LogP contribution in [-0.4, -0.2) is 72.9 Å². The molecule has 32 heavy (non-hydrogen) atoms. The highest BCUT2D eigenvalue weighted by atomic mass is 19.1. The van der Waals surface area contributed by atoms with E-state index < -0.39 is 5.82 Å². The number of nitrogens with one attached hydrogen (secondary N) is 1. The molecule has 1 unspecified atom stereocenters. The molecule has 0 bridgehead atoms. The molecule has 8 nitrogen and oxygen atoms in total. The fourth-order valence-electron chi connectivity index (χ4n) is 4.25. The van der Waals surface area contributed by atoms with Crippen molar-refractivity contribution in [3.63, 3.8) is 0 Å². The van der Waals surface area contributed by atoms with Gasteiger partial charge in [-0.2, -0.15) is 5.26 Å². The zero-order valence-corrected chi connectivity index (χ0v) is 18.7. The number of hydrogen-bond acceptors (Lipinski definition) is 8. The summed E-state index contributed by atoms with van der Waals surface area (Å²) >= 11 is 0. The Kier molecular flexibility index (Phi) is 6.37. The molecular weight excluding hydrogens is 407 g/mol. The van der Waals surface area contributed by atoms with Crippen molar-refractivity contribution in [2.45, 2.75) is 25.2 Å². The number of benzene rings is 1. The van der Waals surface area contributed by atoms with E-state index >= 15 is 0 Å². The third-order valence-electron chi connectivity index (χ3n) is 6.02. The highest BCUT2D eigenvalue weighted by molar-refractivity contribution is 5.80. The number of piperidine rings is 1. The molecule has 0 aliphatic carbocycles. The molecule has 1 saturated heterocycles. The van der Waals surface area contributed by atoms with Crippen LogP contribution in [0.5, 0.6) is 0 Å². The lowest BCUT2D eigenvalue weighted by Gasteiger charge is -2.37. The molecule has 2 aromatic rings. The fourth-order valence-corrected chi connectivity index (χ4v) is 4.25. The summed E-state index contributed by atoms with van der Waals surface area (Å²) in [5, 5.41) is 12.6. The van der Waals surface area contributed by atoms with Crippen molar-refractivity contribution in [1.82, 2.24) is 25.1 Å². The molecule has 2 aliphatic heterocycles. The van der Waals surface area contributed by atoms with Gasteiger partial charge in [0.2, 0.25) is 5.95 Å². The van der Waals surface area contributed by atoms with E-state index in [-0.39, 0.29) is 17.9 Å². The Balaban J connectivity index is 1.77. The van der Waals surface area contributed by atoms with Gasteiger partial charge >= 0.3 is 0 Å². The van der Waals surface area contributed by atoms with Crippen LogP contribution < -0.4 is 16.0 Å². The summed E-state index contributed by atoms with van der Waals surface area (Å²) in [6.45, 7) is 2.21. The number of nitriles is 1. The van der Waals surface area contributed by atoms with Crippen molar-refractivity contribution in [2.75, 3.05) is 45.7 Å². The largest absolute Gasteiger partial charge is 0.353 e. The molecule has 0 amide bonds. The van der Waals surface area contributed by atoms with Crippen LogP contribution in [0.15, 0.2) is 30.6 Å². The van der Waals surface area contributed by atoms with Crippen molar-refractivity contribution >= 4 is 11.5 Å². The first-order valence-corrected chi connectivity index (χ1v) is 10.8. The van der Waals surface area contributed by atoms with E-state index in [1.807, 2.05) is 33.4 Å². The molecule has 0 spiro atoms. The summed E-state index contributed by atoms with van der Waals surface area (Å²) < 4.78 is 14.5. The van der Waals surface area contributed by atoms with Crippen LogP contribution in [0.2, 0.25) is 0 Å². The quantitative estimate of drug-likeness (QED) is 0.749. The van der Waals surface area contributed by atoms with Crippen LogP contribution in [0.25, 0.3) is 16.8 Å². The number of aromatic nitrogens is 2. The van der Waals surface area contributed by atoms with Crippen LogP contribution in [0, 0.1) is 17.1 Å². The average Bonchev–Trinajstić information content (AvgIpc) is 2.79. The Labute approximate surface area is 188 Å². The third-order valence-corrected chi connectivity index (χ3v) is 6.02. The Morgan fingerprint density at radius 3 is 2.66 bits per heavy atom. The van der Waals surface area contributed by atoms with E-state index in [1.165, 1.54) is 12.1 Å². The molecular formula is C23H29FN8. The van der Waals surface area contributed by atoms with Crippen LogP contribution in [-0.2, 0) is 0 Å². The predicted molar refractivity (Wildman–Crippen MR) is 123 cm³/mol. The Morgan fingerprint density at radius 2 is 2.03 bits per heavy atom. The van der Waals surface area contributed by atoms with Gasteiger partial charge in [-0.15, -0.1) is 0 Å². The van der Waals surface area contributed by atoms with Crippen molar-refractivity contribution in [3.8, 4) is 17.3 Å². The highest BCUT2D eigenvalue weighted by Gasteiger charge is 2.25. The number of halogens is 1. The summed E-state index contributed by atoms with van der Waals surface area (Å²) in [7, 11) is 6.03. The van der Waals surface area contributed by atoms with Crippen molar-refractivity contribution in [2.24, 2.45) is 5.73 Å².